The lowest BCUT2D eigenvalue weighted by atomic mass is 10.0. The molecule has 0 unspecified atom stereocenters. The molecule has 0 bridgehead atoms. The predicted molar refractivity (Wildman–Crippen MR) is 76.5 cm³/mol. The van der Waals surface area contributed by atoms with Gasteiger partial charge in [0, 0.05) is 16.3 Å². The minimum Gasteiger partial charge on any atom is -0.351 e. The molecule has 19 heavy (non-hydrogen) atoms. The molecule has 0 saturated heterocycles. The minimum atomic E-state index is -0.852. The van der Waals surface area contributed by atoms with Crippen LogP contribution >= 0.6 is 31.9 Å². The molecule has 1 aliphatic rings. The van der Waals surface area contributed by atoms with Crippen LogP contribution in [-0.2, 0) is 0 Å². The zero-order valence-electron chi connectivity index (χ0n) is 10.1. The van der Waals surface area contributed by atoms with E-state index in [1.165, 1.54) is 0 Å². The second-order valence-corrected chi connectivity index (χ2v) is 6.57. The van der Waals surface area contributed by atoms with E-state index >= 15 is 0 Å². The van der Waals surface area contributed by atoms with E-state index in [0.717, 1.165) is 36.7 Å². The fraction of sp³-hybridized carbons (Fsp3) is 0.462. The van der Waals surface area contributed by atoms with Crippen LogP contribution in [-0.4, -0.2) is 17.8 Å². The van der Waals surface area contributed by atoms with Gasteiger partial charge in [0.2, 0.25) is 0 Å². The summed E-state index contributed by atoms with van der Waals surface area (Å²) in [5.41, 5.74) is -0.403. The van der Waals surface area contributed by atoms with Crippen molar-refractivity contribution in [2.75, 3.05) is 11.9 Å². The van der Waals surface area contributed by atoms with E-state index in [9.17, 15) is 13.6 Å². The Hall–Kier alpha value is -0.490. The van der Waals surface area contributed by atoms with Crippen molar-refractivity contribution >= 4 is 37.8 Å². The molecular formula is C13H13Br2F2NO. The molecule has 0 aliphatic heterocycles. The topological polar surface area (TPSA) is 29.1 Å². The summed E-state index contributed by atoms with van der Waals surface area (Å²) in [5, 5.41) is 3.50. The third-order valence-corrected chi connectivity index (χ3v) is 4.29. The van der Waals surface area contributed by atoms with E-state index in [-0.39, 0.29) is 9.89 Å². The number of hydrogen-bond donors (Lipinski definition) is 1. The molecule has 104 valence electrons. The summed E-state index contributed by atoms with van der Waals surface area (Å²) in [6, 6.07) is 2.17. The number of benzene rings is 1. The maximum absolute atomic E-state index is 13.6. The van der Waals surface area contributed by atoms with Gasteiger partial charge in [-0.25, -0.2) is 8.78 Å². The second-order valence-electron chi connectivity index (χ2n) is 4.87. The van der Waals surface area contributed by atoms with Crippen molar-refractivity contribution in [2.45, 2.75) is 19.3 Å². The van der Waals surface area contributed by atoms with Gasteiger partial charge in [-0.1, -0.05) is 31.9 Å². The molecule has 1 fully saturated rings. The lowest BCUT2D eigenvalue weighted by Crippen LogP contribution is -2.31. The van der Waals surface area contributed by atoms with Crippen LogP contribution in [0.25, 0.3) is 0 Å². The van der Waals surface area contributed by atoms with Gasteiger partial charge < -0.3 is 5.32 Å². The van der Waals surface area contributed by atoms with Crippen molar-refractivity contribution in [1.29, 1.82) is 0 Å². The number of alkyl halides is 1. The van der Waals surface area contributed by atoms with Gasteiger partial charge in [-0.3, -0.25) is 4.79 Å². The highest BCUT2D eigenvalue weighted by Crippen LogP contribution is 2.48. The van der Waals surface area contributed by atoms with Crippen LogP contribution in [0.2, 0.25) is 0 Å². The van der Waals surface area contributed by atoms with Gasteiger partial charge >= 0.3 is 0 Å². The van der Waals surface area contributed by atoms with Gasteiger partial charge in [-0.05, 0) is 36.8 Å². The van der Waals surface area contributed by atoms with Gasteiger partial charge in [-0.2, -0.15) is 0 Å². The molecular weight excluding hydrogens is 384 g/mol. The Kier molecular flexibility index (Phi) is 4.61. The fourth-order valence-corrected chi connectivity index (χ4v) is 3.25. The summed E-state index contributed by atoms with van der Waals surface area (Å²) in [6.07, 6.45) is 3.05. The zero-order chi connectivity index (χ0) is 14.0. The average molecular weight is 397 g/mol. The van der Waals surface area contributed by atoms with Gasteiger partial charge in [-0.15, -0.1) is 0 Å². The number of rotatable bonds is 5. The quantitative estimate of drug-likeness (QED) is 0.748. The number of amides is 1. The van der Waals surface area contributed by atoms with Crippen LogP contribution in [0.5, 0.6) is 0 Å². The average Bonchev–Trinajstić information content (AvgIpc) is 3.06. The molecule has 1 N–H and O–H groups in total. The molecule has 0 aromatic heterocycles. The highest BCUT2D eigenvalue weighted by molar-refractivity contribution is 9.10. The summed E-state index contributed by atoms with van der Waals surface area (Å²) in [5.74, 6) is -2.40. The molecule has 1 aromatic rings. The molecule has 1 aliphatic carbocycles. The molecule has 0 radical (unpaired) electrons. The van der Waals surface area contributed by atoms with Gasteiger partial charge in [0.25, 0.3) is 5.91 Å². The number of carbonyl (C=O) groups excluding carboxylic acids is 1. The van der Waals surface area contributed by atoms with Crippen molar-refractivity contribution in [2.24, 2.45) is 5.41 Å². The number of carbonyl (C=O) groups is 1. The van der Waals surface area contributed by atoms with E-state index in [4.69, 9.17) is 0 Å². The minimum absolute atomic E-state index is 0.113. The number of nitrogens with one attached hydrogen (secondary N) is 1. The molecule has 1 aromatic carbocycles. The Balaban J connectivity index is 2.05. The Morgan fingerprint density at radius 1 is 1.32 bits per heavy atom. The Bertz CT molecular complexity index is 480. The first-order chi connectivity index (χ1) is 8.97. The van der Waals surface area contributed by atoms with Crippen molar-refractivity contribution in [1.82, 2.24) is 5.32 Å². The first kappa shape index (κ1) is 14.9. The monoisotopic (exact) mass is 395 g/mol. The van der Waals surface area contributed by atoms with Crippen molar-refractivity contribution < 1.29 is 13.6 Å². The van der Waals surface area contributed by atoms with E-state index in [1.807, 2.05) is 0 Å². The third-order valence-electron chi connectivity index (χ3n) is 3.44. The smallest absolute Gasteiger partial charge is 0.257 e. The van der Waals surface area contributed by atoms with E-state index in [0.29, 0.717) is 6.54 Å². The van der Waals surface area contributed by atoms with Crippen LogP contribution < -0.4 is 5.32 Å². The molecule has 0 atom stereocenters. The fourth-order valence-electron chi connectivity index (χ4n) is 2.01. The lowest BCUT2D eigenvalue weighted by Gasteiger charge is -2.15. The Morgan fingerprint density at radius 3 is 2.37 bits per heavy atom. The predicted octanol–water partition coefficient (Wildman–Crippen LogP) is 4.02. The first-order valence-electron chi connectivity index (χ1n) is 5.96. The van der Waals surface area contributed by atoms with Crippen molar-refractivity contribution in [3.63, 3.8) is 0 Å². The lowest BCUT2D eigenvalue weighted by molar-refractivity contribution is 0.0936. The van der Waals surface area contributed by atoms with Crippen LogP contribution in [0.3, 0.4) is 0 Å². The number of hydrogen-bond acceptors (Lipinski definition) is 1. The number of halogens is 4. The summed E-state index contributed by atoms with van der Waals surface area (Å²) in [6.45, 7) is 0.465. The van der Waals surface area contributed by atoms with E-state index in [2.05, 4.69) is 37.2 Å². The van der Waals surface area contributed by atoms with Crippen molar-refractivity contribution in [3.05, 3.63) is 33.8 Å². The Morgan fingerprint density at radius 2 is 1.89 bits per heavy atom. The molecule has 2 nitrogen and oxygen atoms in total. The van der Waals surface area contributed by atoms with E-state index in [1.54, 1.807) is 0 Å². The third kappa shape index (κ3) is 3.54. The second kappa shape index (κ2) is 5.87. The standard InChI is InChI=1S/C13H13Br2F2NO/c14-4-3-13(1-2-13)7-18-12(19)11-9(16)5-8(15)6-10(11)17/h5-6H,1-4,7H2,(H,18,19). The van der Waals surface area contributed by atoms with Crippen LogP contribution in [0.4, 0.5) is 8.78 Å². The highest BCUT2D eigenvalue weighted by Gasteiger charge is 2.41. The maximum Gasteiger partial charge on any atom is 0.257 e. The summed E-state index contributed by atoms with van der Waals surface area (Å²) in [7, 11) is 0. The first-order valence-corrected chi connectivity index (χ1v) is 7.88. The van der Waals surface area contributed by atoms with Crippen LogP contribution in [0.1, 0.15) is 29.6 Å². The van der Waals surface area contributed by atoms with Gasteiger partial charge in [0.05, 0.1) is 0 Å². The molecule has 1 saturated carbocycles. The van der Waals surface area contributed by atoms with Crippen LogP contribution in [0.15, 0.2) is 16.6 Å². The zero-order valence-corrected chi connectivity index (χ0v) is 13.3. The normalized spacial score (nSPS) is 16.2. The Labute approximate surface area is 127 Å². The molecule has 0 spiro atoms. The SMILES string of the molecule is O=C(NCC1(CCBr)CC1)c1c(F)cc(Br)cc1F. The molecule has 6 heteroatoms. The summed E-state index contributed by atoms with van der Waals surface area (Å²) >= 11 is 6.35. The van der Waals surface area contributed by atoms with Gasteiger partial charge in [0.15, 0.2) is 0 Å². The molecule has 2 rings (SSSR count). The molecule has 0 heterocycles. The maximum atomic E-state index is 13.6. The highest BCUT2D eigenvalue weighted by atomic mass is 79.9. The molecule has 1 amide bonds. The largest absolute Gasteiger partial charge is 0.351 e. The van der Waals surface area contributed by atoms with Crippen LogP contribution in [0, 0.1) is 17.0 Å². The summed E-state index contributed by atoms with van der Waals surface area (Å²) < 4.78 is 27.5. The van der Waals surface area contributed by atoms with Gasteiger partial charge in [0.1, 0.15) is 17.2 Å². The summed E-state index contributed by atoms with van der Waals surface area (Å²) in [4.78, 5) is 11.9. The van der Waals surface area contributed by atoms with Crippen molar-refractivity contribution in [3.8, 4) is 0 Å². The van der Waals surface area contributed by atoms with E-state index < -0.39 is 23.1 Å².